The monoisotopic (exact) mass is 435 g/mol. The molecule has 164 valence electrons. The third-order valence-corrected chi connectivity index (χ3v) is 6.06. The zero-order chi connectivity index (χ0) is 22.6. The molecular weight excluding hydrogens is 412 g/mol. The molecule has 4 aromatic rings. The number of carbonyl (C=O) groups is 1. The van der Waals surface area contributed by atoms with E-state index < -0.39 is 11.6 Å². The number of aromatic amines is 1. The first-order chi connectivity index (χ1) is 15.4. The van der Waals surface area contributed by atoms with E-state index in [0.29, 0.717) is 47.5 Å². The average Bonchev–Trinajstić information content (AvgIpc) is 3.35. The summed E-state index contributed by atoms with van der Waals surface area (Å²) in [6.45, 7) is 6.73. The predicted molar refractivity (Wildman–Crippen MR) is 116 cm³/mol. The van der Waals surface area contributed by atoms with Gasteiger partial charge in [-0.1, -0.05) is 19.9 Å². The molecule has 8 heteroatoms. The number of nitrogens with one attached hydrogen (secondary N) is 1. The Labute approximate surface area is 183 Å². The summed E-state index contributed by atoms with van der Waals surface area (Å²) < 4.78 is 30.8. The molecular formula is C24H23F2N5O. The second-order valence-electron chi connectivity index (χ2n) is 8.45. The van der Waals surface area contributed by atoms with Crippen molar-refractivity contribution in [1.29, 1.82) is 0 Å². The Morgan fingerprint density at radius 2 is 1.88 bits per heavy atom. The Morgan fingerprint density at radius 1 is 1.12 bits per heavy atom. The minimum absolute atomic E-state index is 0.0391. The van der Waals surface area contributed by atoms with Crippen molar-refractivity contribution in [3.8, 4) is 11.1 Å². The summed E-state index contributed by atoms with van der Waals surface area (Å²) in [6, 6.07) is 7.30. The normalized spacial score (nSPS) is 13.8. The summed E-state index contributed by atoms with van der Waals surface area (Å²) in [4.78, 5) is 22.7. The fraction of sp³-hybridized carbons (Fsp3) is 0.292. The van der Waals surface area contributed by atoms with Gasteiger partial charge in [-0.15, -0.1) is 0 Å². The minimum Gasteiger partial charge on any atom is -0.347 e. The number of aromatic nitrogens is 4. The molecule has 0 bridgehead atoms. The first-order valence-corrected chi connectivity index (χ1v) is 10.6. The van der Waals surface area contributed by atoms with Crippen LogP contribution in [-0.2, 0) is 13.0 Å². The largest absolute Gasteiger partial charge is 0.347 e. The molecule has 0 fully saturated rings. The zero-order valence-electron chi connectivity index (χ0n) is 18.1. The molecule has 32 heavy (non-hydrogen) atoms. The highest BCUT2D eigenvalue weighted by Crippen LogP contribution is 2.35. The van der Waals surface area contributed by atoms with Gasteiger partial charge in [0.05, 0.1) is 52.3 Å². The van der Waals surface area contributed by atoms with Gasteiger partial charge in [0.25, 0.3) is 5.91 Å². The van der Waals surface area contributed by atoms with Crippen molar-refractivity contribution < 1.29 is 13.6 Å². The van der Waals surface area contributed by atoms with Crippen LogP contribution in [0.5, 0.6) is 0 Å². The zero-order valence-corrected chi connectivity index (χ0v) is 18.1. The van der Waals surface area contributed by atoms with E-state index in [0.717, 1.165) is 11.4 Å². The molecule has 0 saturated heterocycles. The van der Waals surface area contributed by atoms with Gasteiger partial charge in [-0.05, 0) is 37.1 Å². The van der Waals surface area contributed by atoms with Crippen LogP contribution in [0.3, 0.4) is 0 Å². The molecule has 1 aromatic carbocycles. The van der Waals surface area contributed by atoms with E-state index in [1.165, 1.54) is 18.2 Å². The molecule has 5 rings (SSSR count). The molecule has 0 saturated carbocycles. The maximum absolute atomic E-state index is 14.6. The van der Waals surface area contributed by atoms with Crippen LogP contribution >= 0.6 is 0 Å². The van der Waals surface area contributed by atoms with Gasteiger partial charge in [0.2, 0.25) is 0 Å². The first kappa shape index (κ1) is 20.4. The smallest absolute Gasteiger partial charge is 0.256 e. The van der Waals surface area contributed by atoms with E-state index >= 15 is 0 Å². The van der Waals surface area contributed by atoms with Gasteiger partial charge < -0.3 is 9.88 Å². The lowest BCUT2D eigenvalue weighted by molar-refractivity contribution is 0.0729. The van der Waals surface area contributed by atoms with E-state index in [1.54, 1.807) is 34.8 Å². The number of amides is 1. The maximum atomic E-state index is 14.6. The van der Waals surface area contributed by atoms with E-state index in [9.17, 15) is 13.6 Å². The number of H-pyrrole nitrogens is 1. The third kappa shape index (κ3) is 3.09. The lowest BCUT2D eigenvalue weighted by atomic mass is 9.99. The number of benzene rings is 1. The molecule has 1 amide bonds. The topological polar surface area (TPSA) is 66.3 Å². The van der Waals surface area contributed by atoms with Gasteiger partial charge in [0.15, 0.2) is 0 Å². The predicted octanol–water partition coefficient (Wildman–Crippen LogP) is 4.63. The summed E-state index contributed by atoms with van der Waals surface area (Å²) in [5, 5.41) is 4.61. The molecule has 1 aliphatic heterocycles. The molecule has 3 aromatic heterocycles. The van der Waals surface area contributed by atoms with Crippen LogP contribution in [0, 0.1) is 18.6 Å². The highest BCUT2D eigenvalue weighted by atomic mass is 19.1. The molecule has 0 unspecified atom stereocenters. The Bertz CT molecular complexity index is 1330. The molecule has 0 aliphatic carbocycles. The van der Waals surface area contributed by atoms with Crippen molar-refractivity contribution in [3.05, 3.63) is 76.6 Å². The number of nitrogens with zero attached hydrogens (tertiary/aromatic N) is 4. The SMILES string of the molecule is Cc1nn2c(C(C)C)c(C(=O)N3CCc4nc[nH]c4C3)ccc2c1-c1c(F)cccc1F. The number of hydrogen-bond acceptors (Lipinski definition) is 3. The van der Waals surface area contributed by atoms with Gasteiger partial charge in [-0.25, -0.2) is 18.3 Å². The lowest BCUT2D eigenvalue weighted by Crippen LogP contribution is -2.37. The molecule has 4 heterocycles. The van der Waals surface area contributed by atoms with E-state index in [2.05, 4.69) is 15.1 Å². The molecule has 1 N–H and O–H groups in total. The highest BCUT2D eigenvalue weighted by molar-refractivity contribution is 5.97. The number of carbonyl (C=O) groups excluding carboxylic acids is 1. The standard InChI is InChI=1S/C24H23F2N5O/c1-13(2)23-15(24(32)30-10-9-18-19(11-30)28-12-27-18)7-8-20-21(14(3)29-31(20)23)22-16(25)5-4-6-17(22)26/h4-8,12-13H,9-11H2,1-3H3,(H,27,28). The second-order valence-corrected chi connectivity index (χ2v) is 8.45. The second kappa shape index (κ2) is 7.55. The van der Waals surface area contributed by atoms with Gasteiger partial charge in [0, 0.05) is 18.5 Å². The van der Waals surface area contributed by atoms with Crippen LogP contribution in [0.1, 0.15) is 52.9 Å². The number of hydrogen-bond donors (Lipinski definition) is 1. The molecule has 0 atom stereocenters. The Kier molecular flexibility index (Phi) is 4.80. The van der Waals surface area contributed by atoms with Crippen molar-refractivity contribution >= 4 is 11.4 Å². The van der Waals surface area contributed by atoms with Crippen molar-refractivity contribution in [1.82, 2.24) is 24.5 Å². The third-order valence-electron chi connectivity index (χ3n) is 6.06. The summed E-state index contributed by atoms with van der Waals surface area (Å²) in [6.07, 6.45) is 2.35. The maximum Gasteiger partial charge on any atom is 0.256 e. The van der Waals surface area contributed by atoms with Crippen molar-refractivity contribution in [2.45, 2.75) is 39.7 Å². The van der Waals surface area contributed by atoms with Crippen LogP contribution < -0.4 is 0 Å². The van der Waals surface area contributed by atoms with Crippen molar-refractivity contribution in [3.63, 3.8) is 0 Å². The number of halogens is 2. The quantitative estimate of drug-likeness (QED) is 0.510. The van der Waals surface area contributed by atoms with Crippen LogP contribution in [-0.4, -0.2) is 36.9 Å². The fourth-order valence-corrected chi connectivity index (χ4v) is 4.58. The van der Waals surface area contributed by atoms with Gasteiger partial charge in [-0.2, -0.15) is 5.10 Å². The number of aryl methyl sites for hydroxylation is 1. The summed E-state index contributed by atoms with van der Waals surface area (Å²) in [5.74, 6) is -1.42. The Balaban J connectivity index is 1.65. The van der Waals surface area contributed by atoms with Crippen molar-refractivity contribution in [2.75, 3.05) is 6.54 Å². The van der Waals surface area contributed by atoms with Gasteiger partial charge >= 0.3 is 0 Å². The first-order valence-electron chi connectivity index (χ1n) is 10.6. The van der Waals surface area contributed by atoms with Gasteiger partial charge in [0.1, 0.15) is 11.6 Å². The number of fused-ring (bicyclic) bond motifs is 2. The van der Waals surface area contributed by atoms with Crippen LogP contribution in [0.25, 0.3) is 16.6 Å². The summed E-state index contributed by atoms with van der Waals surface area (Å²) in [5.41, 5.74) is 4.57. The fourth-order valence-electron chi connectivity index (χ4n) is 4.58. The van der Waals surface area contributed by atoms with E-state index in [4.69, 9.17) is 0 Å². The Hall–Kier alpha value is -3.55. The van der Waals surface area contributed by atoms with E-state index in [1.807, 2.05) is 13.8 Å². The summed E-state index contributed by atoms with van der Waals surface area (Å²) in [7, 11) is 0. The Morgan fingerprint density at radius 3 is 2.59 bits per heavy atom. The van der Waals surface area contributed by atoms with Gasteiger partial charge in [-0.3, -0.25) is 4.79 Å². The number of rotatable bonds is 3. The average molecular weight is 435 g/mol. The van der Waals surface area contributed by atoms with Crippen molar-refractivity contribution in [2.24, 2.45) is 0 Å². The molecule has 6 nitrogen and oxygen atoms in total. The number of pyridine rings is 1. The van der Waals surface area contributed by atoms with Crippen LogP contribution in [0.2, 0.25) is 0 Å². The molecule has 0 spiro atoms. The summed E-state index contributed by atoms with van der Waals surface area (Å²) >= 11 is 0. The van der Waals surface area contributed by atoms with Crippen LogP contribution in [0.4, 0.5) is 8.78 Å². The minimum atomic E-state index is -0.641. The molecule has 0 radical (unpaired) electrons. The number of imidazole rings is 1. The van der Waals surface area contributed by atoms with E-state index in [-0.39, 0.29) is 17.4 Å². The van der Waals surface area contributed by atoms with Crippen LogP contribution in [0.15, 0.2) is 36.7 Å². The lowest BCUT2D eigenvalue weighted by Gasteiger charge is -2.27. The molecule has 1 aliphatic rings. The highest BCUT2D eigenvalue weighted by Gasteiger charge is 2.28.